The largest absolute Gasteiger partial charge is 0.375 e. The van der Waals surface area contributed by atoms with E-state index in [0.29, 0.717) is 11.4 Å². The number of aliphatic imine (C=N–C) groups is 1. The lowest BCUT2D eigenvalue weighted by molar-refractivity contribution is -0.0611. The number of nitrogens with zero attached hydrogens (tertiary/aromatic N) is 1. The fourth-order valence-electron chi connectivity index (χ4n) is 5.63. The first-order valence-electron chi connectivity index (χ1n) is 11.6. The number of halogens is 2. The third-order valence-corrected chi connectivity index (χ3v) is 7.38. The summed E-state index contributed by atoms with van der Waals surface area (Å²) in [4.78, 5) is 4.92. The molecule has 32 heavy (non-hydrogen) atoms. The van der Waals surface area contributed by atoms with Crippen LogP contribution in [-0.2, 0) is 12.0 Å². The van der Waals surface area contributed by atoms with Crippen molar-refractivity contribution in [2.45, 2.75) is 74.5 Å². The Balaban J connectivity index is 1.35. The zero-order valence-electron chi connectivity index (χ0n) is 18.2. The number of hydrogen-bond donors (Lipinski definition) is 2. The van der Waals surface area contributed by atoms with Crippen LogP contribution in [0.2, 0.25) is 0 Å². The summed E-state index contributed by atoms with van der Waals surface area (Å²) in [5.74, 6) is -2.31. The SMILES string of the molecule is O[C@]1(c2ccccc2)C(=NC2CCC=C(Cc3ccccc3)CC2)NC12CCC(F)(F)C2. The van der Waals surface area contributed by atoms with Crippen molar-refractivity contribution in [2.24, 2.45) is 4.99 Å². The van der Waals surface area contributed by atoms with Gasteiger partial charge in [-0.2, -0.15) is 0 Å². The van der Waals surface area contributed by atoms with E-state index in [1.165, 1.54) is 11.1 Å². The molecular formula is C27H30F2N2O. The molecule has 3 nitrogen and oxygen atoms in total. The Morgan fingerprint density at radius 2 is 1.69 bits per heavy atom. The first-order valence-corrected chi connectivity index (χ1v) is 11.6. The van der Waals surface area contributed by atoms with Crippen LogP contribution in [-0.4, -0.2) is 28.4 Å². The summed E-state index contributed by atoms with van der Waals surface area (Å²) in [6.45, 7) is 0. The highest BCUT2D eigenvalue weighted by Crippen LogP contribution is 2.55. The molecule has 3 atom stereocenters. The highest BCUT2D eigenvalue weighted by Gasteiger charge is 2.70. The monoisotopic (exact) mass is 436 g/mol. The molecule has 3 aliphatic rings. The van der Waals surface area contributed by atoms with Crippen LogP contribution in [0.5, 0.6) is 0 Å². The number of rotatable bonds is 4. The van der Waals surface area contributed by atoms with Crippen molar-refractivity contribution in [1.82, 2.24) is 5.32 Å². The van der Waals surface area contributed by atoms with Crippen molar-refractivity contribution < 1.29 is 13.9 Å². The predicted molar refractivity (Wildman–Crippen MR) is 123 cm³/mol. The van der Waals surface area contributed by atoms with Gasteiger partial charge in [-0.1, -0.05) is 72.3 Å². The summed E-state index contributed by atoms with van der Waals surface area (Å²) in [6, 6.07) is 19.7. The van der Waals surface area contributed by atoms with Crippen molar-refractivity contribution in [1.29, 1.82) is 0 Å². The van der Waals surface area contributed by atoms with Gasteiger partial charge in [0.1, 0.15) is 5.84 Å². The number of amidine groups is 1. The summed E-state index contributed by atoms with van der Waals surface area (Å²) in [5.41, 5.74) is 0.850. The van der Waals surface area contributed by atoms with Gasteiger partial charge < -0.3 is 10.4 Å². The number of allylic oxidation sites excluding steroid dienone is 2. The van der Waals surface area contributed by atoms with Crippen LogP contribution in [0.3, 0.4) is 0 Å². The first kappa shape index (κ1) is 21.3. The molecule has 1 saturated heterocycles. The summed E-state index contributed by atoms with van der Waals surface area (Å²) in [5, 5.41) is 15.1. The molecule has 0 amide bonds. The quantitative estimate of drug-likeness (QED) is 0.618. The second-order valence-electron chi connectivity index (χ2n) is 9.59. The molecule has 1 heterocycles. The first-order chi connectivity index (χ1) is 15.4. The van der Waals surface area contributed by atoms with E-state index in [2.05, 4.69) is 35.7 Å². The molecule has 5 rings (SSSR count). The number of hydrogen-bond acceptors (Lipinski definition) is 2. The fourth-order valence-corrected chi connectivity index (χ4v) is 5.63. The molecule has 0 radical (unpaired) electrons. The molecule has 2 aromatic rings. The van der Waals surface area contributed by atoms with E-state index >= 15 is 0 Å². The van der Waals surface area contributed by atoms with Crippen LogP contribution in [0, 0.1) is 0 Å². The van der Waals surface area contributed by atoms with Gasteiger partial charge in [-0.15, -0.1) is 0 Å². The Morgan fingerprint density at radius 1 is 0.969 bits per heavy atom. The van der Waals surface area contributed by atoms with Gasteiger partial charge in [-0.3, -0.25) is 4.99 Å². The number of aliphatic hydroxyl groups is 1. The van der Waals surface area contributed by atoms with E-state index in [-0.39, 0.29) is 25.3 Å². The Bertz CT molecular complexity index is 1020. The molecule has 2 aliphatic carbocycles. The van der Waals surface area contributed by atoms with Crippen LogP contribution < -0.4 is 5.32 Å². The van der Waals surface area contributed by atoms with Gasteiger partial charge >= 0.3 is 0 Å². The maximum atomic E-state index is 14.2. The average molecular weight is 437 g/mol. The molecule has 5 heteroatoms. The van der Waals surface area contributed by atoms with Gasteiger partial charge in [0.2, 0.25) is 0 Å². The van der Waals surface area contributed by atoms with Crippen LogP contribution in [0.25, 0.3) is 0 Å². The minimum Gasteiger partial charge on any atom is -0.375 e. The zero-order chi connectivity index (χ0) is 22.2. The van der Waals surface area contributed by atoms with Crippen molar-refractivity contribution in [2.75, 3.05) is 0 Å². The Morgan fingerprint density at radius 3 is 2.38 bits per heavy atom. The number of benzene rings is 2. The van der Waals surface area contributed by atoms with Gasteiger partial charge in [-0.25, -0.2) is 8.78 Å². The second-order valence-corrected chi connectivity index (χ2v) is 9.59. The van der Waals surface area contributed by atoms with Gasteiger partial charge in [0.15, 0.2) is 5.60 Å². The molecule has 0 bridgehead atoms. The fraction of sp³-hybridized carbons (Fsp3) is 0.444. The van der Waals surface area contributed by atoms with Crippen LogP contribution in [0.4, 0.5) is 8.78 Å². The molecule has 1 aliphatic heterocycles. The number of alkyl halides is 2. The highest BCUT2D eigenvalue weighted by molar-refractivity contribution is 6.00. The lowest BCUT2D eigenvalue weighted by Gasteiger charge is -2.57. The van der Waals surface area contributed by atoms with Crippen molar-refractivity contribution in [3.63, 3.8) is 0 Å². The van der Waals surface area contributed by atoms with E-state index in [1.807, 2.05) is 36.4 Å². The summed E-state index contributed by atoms with van der Waals surface area (Å²) < 4.78 is 28.4. The second kappa shape index (κ2) is 8.11. The average Bonchev–Trinajstić information content (AvgIpc) is 2.98. The number of nitrogens with one attached hydrogen (secondary N) is 1. The Labute approximate surface area is 188 Å². The molecule has 0 aromatic heterocycles. The molecular weight excluding hydrogens is 406 g/mol. The smallest absolute Gasteiger partial charge is 0.250 e. The highest BCUT2D eigenvalue weighted by atomic mass is 19.3. The minimum atomic E-state index is -2.76. The van der Waals surface area contributed by atoms with E-state index in [1.54, 1.807) is 0 Å². The standard InChI is InChI=1S/C27H30F2N2O/c28-26(29)17-16-25(19-26)27(32,22-11-5-2-6-12-22)24(31-25)30-23-13-7-10-21(14-15-23)18-20-8-3-1-4-9-20/h1-6,8-12,23,32H,7,13-19H2,(H,30,31)/t23?,25?,27-/m1/s1. The maximum Gasteiger partial charge on any atom is 0.250 e. The molecule has 1 spiro atoms. The molecule has 2 unspecified atom stereocenters. The molecule has 1 saturated carbocycles. The van der Waals surface area contributed by atoms with Crippen molar-refractivity contribution in [3.05, 3.63) is 83.4 Å². The van der Waals surface area contributed by atoms with Gasteiger partial charge in [0, 0.05) is 12.8 Å². The van der Waals surface area contributed by atoms with Gasteiger partial charge in [0.05, 0.1) is 11.6 Å². The van der Waals surface area contributed by atoms with Crippen LogP contribution in [0.1, 0.15) is 56.1 Å². The van der Waals surface area contributed by atoms with E-state index in [0.717, 1.165) is 32.1 Å². The lowest BCUT2D eigenvalue weighted by Crippen LogP contribution is -2.78. The molecule has 2 N–H and O–H groups in total. The lowest BCUT2D eigenvalue weighted by atomic mass is 9.65. The topological polar surface area (TPSA) is 44.6 Å². The zero-order valence-corrected chi connectivity index (χ0v) is 18.2. The van der Waals surface area contributed by atoms with Gasteiger partial charge in [0.25, 0.3) is 5.92 Å². The molecule has 2 fully saturated rings. The van der Waals surface area contributed by atoms with E-state index in [9.17, 15) is 13.9 Å². The van der Waals surface area contributed by atoms with Crippen LogP contribution in [0.15, 0.2) is 77.3 Å². The van der Waals surface area contributed by atoms with Crippen molar-refractivity contribution >= 4 is 5.84 Å². The van der Waals surface area contributed by atoms with E-state index < -0.39 is 17.1 Å². The summed E-state index contributed by atoms with van der Waals surface area (Å²) >= 11 is 0. The third kappa shape index (κ3) is 3.77. The Kier molecular flexibility index (Phi) is 5.40. The predicted octanol–water partition coefficient (Wildman–Crippen LogP) is 5.55. The van der Waals surface area contributed by atoms with Gasteiger partial charge in [-0.05, 0) is 49.7 Å². The maximum absolute atomic E-state index is 14.2. The van der Waals surface area contributed by atoms with Crippen LogP contribution >= 0.6 is 0 Å². The summed E-state index contributed by atoms with van der Waals surface area (Å²) in [6.07, 6.45) is 6.64. The third-order valence-electron chi connectivity index (χ3n) is 7.38. The van der Waals surface area contributed by atoms with Crippen molar-refractivity contribution in [3.8, 4) is 0 Å². The minimum absolute atomic E-state index is 0.0662. The van der Waals surface area contributed by atoms with E-state index in [4.69, 9.17) is 4.99 Å². The normalized spacial score (nSPS) is 32.8. The molecule has 168 valence electrons. The molecule has 2 aromatic carbocycles. The summed E-state index contributed by atoms with van der Waals surface area (Å²) in [7, 11) is 0. The Hall–Kier alpha value is -2.53.